The van der Waals surface area contributed by atoms with Gasteiger partial charge in [0.25, 0.3) is 0 Å². The van der Waals surface area contributed by atoms with Crippen molar-refractivity contribution < 1.29 is 0 Å². The molecule has 0 aliphatic carbocycles. The second kappa shape index (κ2) is 4.21. The summed E-state index contributed by atoms with van der Waals surface area (Å²) >= 11 is 1.91. The summed E-state index contributed by atoms with van der Waals surface area (Å²) in [5.41, 5.74) is 3.32. The summed E-state index contributed by atoms with van der Waals surface area (Å²) < 4.78 is 0. The van der Waals surface area contributed by atoms with Gasteiger partial charge in [0.05, 0.1) is 4.87 Å². The first-order valence-corrected chi connectivity index (χ1v) is 4.55. The minimum Gasteiger partial charge on any atom is -0.249 e. The molecule has 3 heteroatoms. The summed E-state index contributed by atoms with van der Waals surface area (Å²) in [6.07, 6.45) is 0. The van der Waals surface area contributed by atoms with Crippen molar-refractivity contribution >= 4 is 11.8 Å². The third-order valence-electron chi connectivity index (χ3n) is 0.998. The first-order valence-electron chi connectivity index (χ1n) is 3.57. The van der Waals surface area contributed by atoms with Crippen molar-refractivity contribution in [3.8, 4) is 0 Å². The molecule has 0 saturated heterocycles. The van der Waals surface area contributed by atoms with Crippen molar-refractivity contribution in [2.24, 2.45) is 0 Å². The number of thioether (sulfide) groups is 1. The van der Waals surface area contributed by atoms with Gasteiger partial charge in [-0.05, 0) is 19.6 Å². The van der Waals surface area contributed by atoms with E-state index in [4.69, 9.17) is 0 Å². The lowest BCUT2D eigenvalue weighted by Gasteiger charge is -2.28. The fourth-order valence-electron chi connectivity index (χ4n) is 0.932. The van der Waals surface area contributed by atoms with Crippen LogP contribution in [0.3, 0.4) is 0 Å². The summed E-state index contributed by atoms with van der Waals surface area (Å²) in [4.78, 5) is 0.165. The Labute approximate surface area is 68.3 Å². The van der Waals surface area contributed by atoms with Gasteiger partial charge in [-0.25, -0.2) is 10.4 Å². The summed E-state index contributed by atoms with van der Waals surface area (Å²) in [6.45, 7) is 6.53. The smallest absolute Gasteiger partial charge is 0.0719 e. The van der Waals surface area contributed by atoms with Gasteiger partial charge in [-0.3, -0.25) is 0 Å². The molecular weight excluding hydrogens is 144 g/mol. The van der Waals surface area contributed by atoms with Crippen molar-refractivity contribution in [1.82, 2.24) is 10.4 Å². The zero-order valence-electron chi connectivity index (χ0n) is 7.56. The number of rotatable bonds is 4. The topological polar surface area (TPSA) is 15.3 Å². The van der Waals surface area contributed by atoms with Crippen LogP contribution in [0.5, 0.6) is 0 Å². The maximum atomic E-state index is 3.32. The van der Waals surface area contributed by atoms with Crippen LogP contribution in [-0.4, -0.2) is 29.7 Å². The maximum absolute atomic E-state index is 3.32. The lowest BCUT2D eigenvalue weighted by atomic mass is 10.4. The lowest BCUT2D eigenvalue weighted by molar-refractivity contribution is 0.242. The van der Waals surface area contributed by atoms with E-state index in [-0.39, 0.29) is 4.87 Å². The second-order valence-electron chi connectivity index (χ2n) is 2.95. The van der Waals surface area contributed by atoms with Crippen LogP contribution in [0.2, 0.25) is 0 Å². The molecule has 0 spiro atoms. The molecule has 62 valence electrons. The quantitative estimate of drug-likeness (QED) is 0.498. The number of hydrogen-bond acceptors (Lipinski definition) is 3. The Morgan fingerprint density at radius 1 is 1.40 bits per heavy atom. The van der Waals surface area contributed by atoms with Crippen LogP contribution < -0.4 is 5.43 Å². The van der Waals surface area contributed by atoms with E-state index in [1.807, 2.05) is 30.9 Å². The van der Waals surface area contributed by atoms with Crippen molar-refractivity contribution in [3.05, 3.63) is 0 Å². The van der Waals surface area contributed by atoms with E-state index in [1.54, 1.807) is 0 Å². The Morgan fingerprint density at radius 3 is 2.20 bits per heavy atom. The molecule has 1 N–H and O–H groups in total. The Morgan fingerprint density at radius 2 is 1.90 bits per heavy atom. The van der Waals surface area contributed by atoms with Gasteiger partial charge in [0.15, 0.2) is 0 Å². The summed E-state index contributed by atoms with van der Waals surface area (Å²) in [7, 11) is 4.02. The highest BCUT2D eigenvalue weighted by Crippen LogP contribution is 2.19. The van der Waals surface area contributed by atoms with E-state index in [9.17, 15) is 0 Å². The average molecular weight is 162 g/mol. The highest BCUT2D eigenvalue weighted by Gasteiger charge is 2.16. The van der Waals surface area contributed by atoms with Gasteiger partial charge in [-0.15, -0.1) is 11.8 Å². The largest absolute Gasteiger partial charge is 0.249 e. The van der Waals surface area contributed by atoms with Crippen LogP contribution in [0.25, 0.3) is 0 Å². The van der Waals surface area contributed by atoms with Gasteiger partial charge in [-0.1, -0.05) is 6.92 Å². The molecule has 0 aliphatic heterocycles. The van der Waals surface area contributed by atoms with E-state index in [2.05, 4.69) is 26.2 Å². The zero-order chi connectivity index (χ0) is 8.20. The van der Waals surface area contributed by atoms with E-state index in [0.29, 0.717) is 0 Å². The standard InChI is InChI=1S/C7H18N2S/c1-6-10-7(2,3)8-9(4)5/h8H,6H2,1-5H3. The van der Waals surface area contributed by atoms with Gasteiger partial charge in [0, 0.05) is 14.1 Å². The first kappa shape index (κ1) is 10.3. The zero-order valence-corrected chi connectivity index (χ0v) is 8.38. The highest BCUT2D eigenvalue weighted by molar-refractivity contribution is 8.00. The Balaban J connectivity index is 3.63. The number of nitrogens with one attached hydrogen (secondary N) is 1. The van der Waals surface area contributed by atoms with Crippen LogP contribution in [0.15, 0.2) is 0 Å². The molecular formula is C7H18N2S. The van der Waals surface area contributed by atoms with Crippen molar-refractivity contribution in [2.75, 3.05) is 19.8 Å². The molecule has 0 aromatic rings. The Kier molecular flexibility index (Phi) is 4.32. The minimum atomic E-state index is 0.165. The van der Waals surface area contributed by atoms with Gasteiger partial charge in [0.1, 0.15) is 0 Å². The molecule has 0 radical (unpaired) electrons. The van der Waals surface area contributed by atoms with Gasteiger partial charge < -0.3 is 0 Å². The summed E-state index contributed by atoms with van der Waals surface area (Å²) in [5.74, 6) is 1.15. The monoisotopic (exact) mass is 162 g/mol. The van der Waals surface area contributed by atoms with Gasteiger partial charge in [-0.2, -0.15) is 0 Å². The fraction of sp³-hybridized carbons (Fsp3) is 1.00. The van der Waals surface area contributed by atoms with E-state index in [1.165, 1.54) is 0 Å². The second-order valence-corrected chi connectivity index (χ2v) is 4.84. The van der Waals surface area contributed by atoms with Crippen LogP contribution in [-0.2, 0) is 0 Å². The third kappa shape index (κ3) is 5.09. The van der Waals surface area contributed by atoms with E-state index < -0.39 is 0 Å². The third-order valence-corrected chi connectivity index (χ3v) is 2.10. The van der Waals surface area contributed by atoms with Crippen LogP contribution in [0, 0.1) is 0 Å². The predicted molar refractivity (Wildman–Crippen MR) is 49.0 cm³/mol. The Bertz CT molecular complexity index is 91.6. The Hall–Kier alpha value is 0.270. The number of hydrogen-bond donors (Lipinski definition) is 1. The first-order chi connectivity index (χ1) is 4.48. The van der Waals surface area contributed by atoms with Crippen molar-refractivity contribution in [1.29, 1.82) is 0 Å². The van der Waals surface area contributed by atoms with E-state index in [0.717, 1.165) is 5.75 Å². The number of nitrogens with zero attached hydrogens (tertiary/aromatic N) is 1. The molecule has 0 bridgehead atoms. The molecule has 0 fully saturated rings. The average Bonchev–Trinajstić information content (AvgIpc) is 1.59. The summed E-state index contributed by atoms with van der Waals surface area (Å²) in [6, 6.07) is 0. The molecule has 0 aliphatic rings. The van der Waals surface area contributed by atoms with Crippen LogP contribution in [0.1, 0.15) is 20.8 Å². The normalized spacial score (nSPS) is 12.6. The molecule has 0 aromatic heterocycles. The molecule has 0 amide bonds. The van der Waals surface area contributed by atoms with Gasteiger partial charge >= 0.3 is 0 Å². The van der Waals surface area contributed by atoms with Crippen molar-refractivity contribution in [2.45, 2.75) is 25.6 Å². The minimum absolute atomic E-state index is 0.165. The molecule has 0 saturated carbocycles. The van der Waals surface area contributed by atoms with Crippen LogP contribution >= 0.6 is 11.8 Å². The van der Waals surface area contributed by atoms with Crippen molar-refractivity contribution in [3.63, 3.8) is 0 Å². The fourth-order valence-corrected chi connectivity index (χ4v) is 1.90. The number of hydrazine groups is 1. The highest BCUT2D eigenvalue weighted by atomic mass is 32.2. The molecule has 0 rings (SSSR count). The molecule has 10 heavy (non-hydrogen) atoms. The molecule has 0 atom stereocenters. The molecule has 0 unspecified atom stereocenters. The summed E-state index contributed by atoms with van der Waals surface area (Å²) in [5, 5.41) is 1.99. The molecule has 2 nitrogen and oxygen atoms in total. The van der Waals surface area contributed by atoms with Crippen LogP contribution in [0.4, 0.5) is 0 Å². The maximum Gasteiger partial charge on any atom is 0.0719 e. The van der Waals surface area contributed by atoms with E-state index >= 15 is 0 Å². The molecule has 0 heterocycles. The van der Waals surface area contributed by atoms with Gasteiger partial charge in [0.2, 0.25) is 0 Å². The predicted octanol–water partition coefficient (Wildman–Crippen LogP) is 1.54. The lowest BCUT2D eigenvalue weighted by Crippen LogP contribution is -2.44. The molecule has 0 aromatic carbocycles. The SMILES string of the molecule is CCSC(C)(C)NN(C)C.